The molecule has 0 aromatic rings. The van der Waals surface area contributed by atoms with E-state index in [0.717, 1.165) is 12.0 Å². The summed E-state index contributed by atoms with van der Waals surface area (Å²) in [6.07, 6.45) is 3.30. The Bertz CT molecular complexity index is 179. The molecule has 0 aromatic heterocycles. The summed E-state index contributed by atoms with van der Waals surface area (Å²) in [5.74, 6) is -0.243. The molecule has 0 aliphatic heterocycles. The van der Waals surface area contributed by atoms with Crippen LogP contribution < -0.4 is 5.73 Å². The van der Waals surface area contributed by atoms with E-state index in [9.17, 15) is 4.79 Å². The van der Waals surface area contributed by atoms with Crippen molar-refractivity contribution in [3.05, 3.63) is 11.6 Å². The molecule has 0 fully saturated rings. The molecule has 0 aromatic carbocycles. The zero-order chi connectivity index (χ0) is 7.56. The van der Waals surface area contributed by atoms with Crippen LogP contribution >= 0.6 is 12.4 Å². The summed E-state index contributed by atoms with van der Waals surface area (Å²) >= 11 is 0. The Morgan fingerprint density at radius 3 is 2.82 bits per heavy atom. The van der Waals surface area contributed by atoms with Gasteiger partial charge in [0.25, 0.3) is 0 Å². The third-order valence-electron chi connectivity index (χ3n) is 1.60. The minimum Gasteiger partial charge on any atom is -0.466 e. The summed E-state index contributed by atoms with van der Waals surface area (Å²) in [4.78, 5) is 10.8. The van der Waals surface area contributed by atoms with Crippen LogP contribution in [0, 0.1) is 0 Å². The van der Waals surface area contributed by atoms with Gasteiger partial charge in [0.15, 0.2) is 0 Å². The van der Waals surface area contributed by atoms with Crippen LogP contribution in [0.5, 0.6) is 0 Å². The predicted octanol–water partition coefficient (Wildman–Crippen LogP) is 0.629. The van der Waals surface area contributed by atoms with Crippen molar-refractivity contribution in [3.63, 3.8) is 0 Å². The molecule has 3 nitrogen and oxygen atoms in total. The fourth-order valence-corrected chi connectivity index (χ4v) is 1.04. The van der Waals surface area contributed by atoms with Gasteiger partial charge in [-0.2, -0.15) is 0 Å². The van der Waals surface area contributed by atoms with Crippen LogP contribution in [0.3, 0.4) is 0 Å². The van der Waals surface area contributed by atoms with E-state index in [2.05, 4.69) is 4.74 Å². The molecular weight excluding hydrogens is 166 g/mol. The molecule has 1 aliphatic rings. The lowest BCUT2D eigenvalue weighted by atomic mass is 10.2. The molecule has 2 N–H and O–H groups in total. The summed E-state index contributed by atoms with van der Waals surface area (Å²) in [5, 5.41) is 0. The predicted molar refractivity (Wildman–Crippen MR) is 44.6 cm³/mol. The van der Waals surface area contributed by atoms with E-state index in [-0.39, 0.29) is 24.4 Å². The first-order valence-corrected chi connectivity index (χ1v) is 3.27. The molecule has 1 rings (SSSR count). The van der Waals surface area contributed by atoms with Gasteiger partial charge in [-0.25, -0.2) is 4.79 Å². The number of carbonyl (C=O) groups excluding carboxylic acids is 1. The van der Waals surface area contributed by atoms with E-state index in [1.54, 1.807) is 0 Å². The zero-order valence-electron chi connectivity index (χ0n) is 6.37. The highest BCUT2D eigenvalue weighted by molar-refractivity contribution is 5.88. The average Bonchev–Trinajstić information content (AvgIpc) is 2.34. The third-order valence-corrected chi connectivity index (χ3v) is 1.60. The maximum Gasteiger partial charge on any atom is 0.333 e. The second-order valence-corrected chi connectivity index (χ2v) is 2.42. The number of rotatable bonds is 1. The molecule has 0 saturated carbocycles. The molecule has 64 valence electrons. The first kappa shape index (κ1) is 10.5. The van der Waals surface area contributed by atoms with E-state index in [0.29, 0.717) is 6.42 Å². The van der Waals surface area contributed by atoms with Crippen LogP contribution in [0.25, 0.3) is 0 Å². The van der Waals surface area contributed by atoms with Crippen molar-refractivity contribution in [2.24, 2.45) is 5.73 Å². The molecule has 4 heteroatoms. The second-order valence-electron chi connectivity index (χ2n) is 2.42. The van der Waals surface area contributed by atoms with Crippen molar-refractivity contribution in [3.8, 4) is 0 Å². The number of hydrogen-bond acceptors (Lipinski definition) is 3. The second kappa shape index (κ2) is 4.36. The Hall–Kier alpha value is -0.540. The quantitative estimate of drug-likeness (QED) is 0.598. The summed E-state index contributed by atoms with van der Waals surface area (Å²) in [5.41, 5.74) is 6.28. The lowest BCUT2D eigenvalue weighted by molar-refractivity contribution is -0.136. The van der Waals surface area contributed by atoms with Crippen LogP contribution in [0.2, 0.25) is 0 Å². The molecule has 11 heavy (non-hydrogen) atoms. The SMILES string of the molecule is COC(=O)C1=CC[C@H](N)C1.Cl. The van der Waals surface area contributed by atoms with Gasteiger partial charge in [-0.15, -0.1) is 12.4 Å². The largest absolute Gasteiger partial charge is 0.466 e. The molecule has 1 atom stereocenters. The zero-order valence-corrected chi connectivity index (χ0v) is 7.19. The number of halogens is 1. The van der Waals surface area contributed by atoms with Gasteiger partial charge >= 0.3 is 5.97 Å². The number of nitrogens with two attached hydrogens (primary N) is 1. The van der Waals surface area contributed by atoms with Crippen molar-refractivity contribution in [1.29, 1.82) is 0 Å². The first-order valence-electron chi connectivity index (χ1n) is 3.27. The number of carbonyl (C=O) groups is 1. The normalized spacial score (nSPS) is 22.0. The van der Waals surface area contributed by atoms with Gasteiger partial charge in [-0.1, -0.05) is 6.08 Å². The highest BCUT2D eigenvalue weighted by atomic mass is 35.5. The summed E-state index contributed by atoms with van der Waals surface area (Å²) in [6, 6.07) is 0.120. The Kier molecular flexibility index (Phi) is 4.15. The van der Waals surface area contributed by atoms with Crippen LogP contribution in [0.15, 0.2) is 11.6 Å². The third kappa shape index (κ3) is 2.52. The first-order chi connectivity index (χ1) is 4.74. The van der Waals surface area contributed by atoms with Crippen molar-refractivity contribution < 1.29 is 9.53 Å². The van der Waals surface area contributed by atoms with Gasteiger partial charge in [-0.3, -0.25) is 0 Å². The van der Waals surface area contributed by atoms with E-state index in [1.807, 2.05) is 6.08 Å². The average molecular weight is 178 g/mol. The highest BCUT2D eigenvalue weighted by Gasteiger charge is 2.18. The van der Waals surface area contributed by atoms with E-state index in [4.69, 9.17) is 5.73 Å². The van der Waals surface area contributed by atoms with Gasteiger partial charge in [0.05, 0.1) is 7.11 Å². The molecule has 0 unspecified atom stereocenters. The fraction of sp³-hybridized carbons (Fsp3) is 0.571. The van der Waals surface area contributed by atoms with E-state index >= 15 is 0 Å². The lowest BCUT2D eigenvalue weighted by Gasteiger charge is -2.00. The Morgan fingerprint density at radius 1 is 1.82 bits per heavy atom. The monoisotopic (exact) mass is 177 g/mol. The molecule has 0 amide bonds. The molecule has 0 radical (unpaired) electrons. The van der Waals surface area contributed by atoms with E-state index in [1.165, 1.54) is 7.11 Å². The maximum atomic E-state index is 10.8. The van der Waals surface area contributed by atoms with Crippen LogP contribution in [-0.4, -0.2) is 19.1 Å². The van der Waals surface area contributed by atoms with Gasteiger partial charge < -0.3 is 10.5 Å². The summed E-state index contributed by atoms with van der Waals surface area (Å²) in [6.45, 7) is 0. The van der Waals surface area contributed by atoms with Gasteiger partial charge in [0.2, 0.25) is 0 Å². The van der Waals surface area contributed by atoms with E-state index < -0.39 is 0 Å². The van der Waals surface area contributed by atoms with Crippen molar-refractivity contribution in [2.45, 2.75) is 18.9 Å². The number of methoxy groups -OCH3 is 1. The van der Waals surface area contributed by atoms with Crippen molar-refractivity contribution >= 4 is 18.4 Å². The Balaban J connectivity index is 0.000001000. The summed E-state index contributed by atoms with van der Waals surface area (Å²) < 4.78 is 4.52. The van der Waals surface area contributed by atoms with Crippen LogP contribution in [0.1, 0.15) is 12.8 Å². The van der Waals surface area contributed by atoms with Crippen LogP contribution in [0.4, 0.5) is 0 Å². The number of hydrogen-bond donors (Lipinski definition) is 1. The molecule has 0 saturated heterocycles. The number of ether oxygens (including phenoxy) is 1. The molecular formula is C7H12ClNO2. The number of esters is 1. The molecule has 0 heterocycles. The maximum absolute atomic E-state index is 10.8. The van der Waals surface area contributed by atoms with Crippen molar-refractivity contribution in [2.75, 3.05) is 7.11 Å². The summed E-state index contributed by atoms with van der Waals surface area (Å²) in [7, 11) is 1.38. The molecule has 1 aliphatic carbocycles. The van der Waals surface area contributed by atoms with Gasteiger partial charge in [0.1, 0.15) is 0 Å². The topological polar surface area (TPSA) is 52.3 Å². The minimum atomic E-state index is -0.243. The Labute approximate surface area is 72.0 Å². The fourth-order valence-electron chi connectivity index (χ4n) is 1.04. The Morgan fingerprint density at radius 2 is 2.45 bits per heavy atom. The smallest absolute Gasteiger partial charge is 0.333 e. The highest BCUT2D eigenvalue weighted by Crippen LogP contribution is 2.17. The lowest BCUT2D eigenvalue weighted by Crippen LogP contribution is -2.16. The van der Waals surface area contributed by atoms with Gasteiger partial charge in [-0.05, 0) is 12.8 Å². The van der Waals surface area contributed by atoms with Crippen molar-refractivity contribution in [1.82, 2.24) is 0 Å². The minimum absolute atomic E-state index is 0. The van der Waals surface area contributed by atoms with Gasteiger partial charge in [0, 0.05) is 11.6 Å². The standard InChI is InChI=1S/C7H11NO2.ClH/c1-10-7(9)5-2-3-6(8)4-5;/h2,6H,3-4,8H2,1H3;1H/t6-;/m0./s1. The molecule has 0 spiro atoms. The van der Waals surface area contributed by atoms with Crippen LogP contribution in [-0.2, 0) is 9.53 Å². The molecule has 0 bridgehead atoms.